The lowest BCUT2D eigenvalue weighted by Crippen LogP contribution is -2.52. The van der Waals surface area contributed by atoms with Crippen LogP contribution in [-0.4, -0.2) is 23.7 Å². The summed E-state index contributed by atoms with van der Waals surface area (Å²) in [6, 6.07) is 8.32. The Kier molecular flexibility index (Phi) is 5.58. The fourth-order valence-electron chi connectivity index (χ4n) is 3.37. The predicted molar refractivity (Wildman–Crippen MR) is 91.0 cm³/mol. The molecule has 1 fully saturated rings. The number of carbonyl (C=O) groups excluding carboxylic acids is 1. The maximum Gasteiger partial charge on any atom is 0.238 e. The van der Waals surface area contributed by atoms with E-state index in [2.05, 4.69) is 23.5 Å². The summed E-state index contributed by atoms with van der Waals surface area (Å²) in [6.45, 7) is 0.553. The highest BCUT2D eigenvalue weighted by atomic mass is 35.5. The van der Waals surface area contributed by atoms with Gasteiger partial charge in [-0.1, -0.05) is 37.1 Å². The first kappa shape index (κ1) is 16.7. The van der Waals surface area contributed by atoms with Crippen molar-refractivity contribution < 1.29 is 4.79 Å². The number of hydrogen-bond donors (Lipinski definition) is 2. The van der Waals surface area contributed by atoms with Gasteiger partial charge in [-0.15, -0.1) is 24.2 Å². The van der Waals surface area contributed by atoms with Crippen LogP contribution in [0, 0.1) is 0 Å². The van der Waals surface area contributed by atoms with E-state index < -0.39 is 0 Å². The molecule has 1 amide bonds. The SMILES string of the molecule is Cl.NCC1(NC(=O)C2SCCc3ccccc32)CCCC1. The van der Waals surface area contributed by atoms with Gasteiger partial charge in [0.05, 0.1) is 5.54 Å². The number of benzene rings is 1. The molecule has 1 saturated carbocycles. The molecular formula is C16H23ClN2OS. The molecule has 0 aromatic heterocycles. The standard InChI is InChI=1S/C16H22N2OS.ClH/c17-11-16(8-3-4-9-16)18-15(19)14-13-6-2-1-5-12(13)7-10-20-14;/h1-2,5-6,14H,3-4,7-11,17H2,(H,18,19);1H. The van der Waals surface area contributed by atoms with Crippen LogP contribution in [-0.2, 0) is 11.2 Å². The van der Waals surface area contributed by atoms with E-state index >= 15 is 0 Å². The average Bonchev–Trinajstić information content (AvgIpc) is 2.95. The Bertz CT molecular complexity index is 503. The van der Waals surface area contributed by atoms with Crippen LogP contribution in [0.4, 0.5) is 0 Å². The quantitative estimate of drug-likeness (QED) is 0.898. The van der Waals surface area contributed by atoms with E-state index in [0.29, 0.717) is 6.54 Å². The van der Waals surface area contributed by atoms with Crippen molar-refractivity contribution >= 4 is 30.1 Å². The van der Waals surface area contributed by atoms with Gasteiger partial charge in [-0.25, -0.2) is 0 Å². The average molecular weight is 327 g/mol. The van der Waals surface area contributed by atoms with Gasteiger partial charge in [-0.05, 0) is 36.1 Å². The summed E-state index contributed by atoms with van der Waals surface area (Å²) < 4.78 is 0. The number of aryl methyl sites for hydroxylation is 1. The third-order valence-corrected chi connectivity index (χ3v) is 5.81. The summed E-state index contributed by atoms with van der Waals surface area (Å²) >= 11 is 1.75. The highest BCUT2D eigenvalue weighted by Gasteiger charge is 2.37. The zero-order chi connectivity index (χ0) is 14.0. The molecule has 1 aliphatic heterocycles. The normalized spacial score (nSPS) is 23.0. The lowest BCUT2D eigenvalue weighted by atomic mass is 9.96. The topological polar surface area (TPSA) is 55.1 Å². The number of thioether (sulfide) groups is 1. The maximum absolute atomic E-state index is 12.7. The number of hydrogen-bond acceptors (Lipinski definition) is 3. The Morgan fingerprint density at radius 1 is 1.33 bits per heavy atom. The molecule has 1 atom stereocenters. The third kappa shape index (κ3) is 3.38. The molecule has 3 N–H and O–H groups in total. The number of fused-ring (bicyclic) bond motifs is 1. The molecule has 2 aliphatic rings. The van der Waals surface area contributed by atoms with Crippen molar-refractivity contribution in [2.75, 3.05) is 12.3 Å². The zero-order valence-corrected chi connectivity index (χ0v) is 13.8. The molecule has 1 aliphatic carbocycles. The van der Waals surface area contributed by atoms with E-state index in [1.54, 1.807) is 11.8 Å². The minimum absolute atomic E-state index is 0. The molecular weight excluding hydrogens is 304 g/mol. The number of amides is 1. The summed E-state index contributed by atoms with van der Waals surface area (Å²) in [4.78, 5) is 12.7. The van der Waals surface area contributed by atoms with E-state index in [9.17, 15) is 4.79 Å². The molecule has 0 spiro atoms. The van der Waals surface area contributed by atoms with Crippen LogP contribution < -0.4 is 11.1 Å². The first-order valence-electron chi connectivity index (χ1n) is 7.46. The van der Waals surface area contributed by atoms with Crippen molar-refractivity contribution in [2.45, 2.75) is 42.9 Å². The van der Waals surface area contributed by atoms with Crippen molar-refractivity contribution in [3.8, 4) is 0 Å². The van der Waals surface area contributed by atoms with Gasteiger partial charge in [0.1, 0.15) is 5.25 Å². The van der Waals surface area contributed by atoms with Crippen LogP contribution in [0.1, 0.15) is 42.1 Å². The fourth-order valence-corrected chi connectivity index (χ4v) is 4.56. The Hall–Kier alpha value is -0.710. The molecule has 1 heterocycles. The van der Waals surface area contributed by atoms with Gasteiger partial charge in [-0.2, -0.15) is 0 Å². The van der Waals surface area contributed by atoms with Crippen LogP contribution in [0.5, 0.6) is 0 Å². The van der Waals surface area contributed by atoms with Crippen LogP contribution in [0.25, 0.3) is 0 Å². The second-order valence-electron chi connectivity index (χ2n) is 5.88. The van der Waals surface area contributed by atoms with Gasteiger partial charge in [0.25, 0.3) is 0 Å². The Labute approximate surface area is 136 Å². The molecule has 5 heteroatoms. The van der Waals surface area contributed by atoms with Crippen LogP contribution in [0.2, 0.25) is 0 Å². The number of nitrogens with one attached hydrogen (secondary N) is 1. The third-order valence-electron chi connectivity index (χ3n) is 4.57. The van der Waals surface area contributed by atoms with E-state index in [1.807, 2.05) is 6.07 Å². The summed E-state index contributed by atoms with van der Waals surface area (Å²) in [5.74, 6) is 1.17. The summed E-state index contributed by atoms with van der Waals surface area (Å²) in [6.07, 6.45) is 5.45. The molecule has 1 aromatic carbocycles. The van der Waals surface area contributed by atoms with Crippen molar-refractivity contribution in [3.05, 3.63) is 35.4 Å². The largest absolute Gasteiger partial charge is 0.348 e. The first-order valence-corrected chi connectivity index (χ1v) is 8.50. The van der Waals surface area contributed by atoms with E-state index in [1.165, 1.54) is 24.0 Å². The lowest BCUT2D eigenvalue weighted by molar-refractivity contribution is -0.122. The molecule has 3 rings (SSSR count). The van der Waals surface area contributed by atoms with Crippen LogP contribution >= 0.6 is 24.2 Å². The second kappa shape index (κ2) is 7.03. The molecule has 1 aromatic rings. The van der Waals surface area contributed by atoms with Crippen molar-refractivity contribution in [2.24, 2.45) is 5.73 Å². The van der Waals surface area contributed by atoms with Gasteiger partial charge in [-0.3, -0.25) is 4.79 Å². The highest BCUT2D eigenvalue weighted by molar-refractivity contribution is 8.00. The number of nitrogens with two attached hydrogens (primary N) is 1. The molecule has 0 bridgehead atoms. The minimum Gasteiger partial charge on any atom is -0.348 e. The molecule has 0 radical (unpaired) electrons. The number of halogens is 1. The highest BCUT2D eigenvalue weighted by Crippen LogP contribution is 2.38. The van der Waals surface area contributed by atoms with Gasteiger partial charge >= 0.3 is 0 Å². The summed E-state index contributed by atoms with van der Waals surface area (Å²) in [5, 5.41) is 3.20. The van der Waals surface area contributed by atoms with Crippen LogP contribution in [0.3, 0.4) is 0 Å². The van der Waals surface area contributed by atoms with E-state index in [-0.39, 0.29) is 29.1 Å². The Morgan fingerprint density at radius 3 is 2.76 bits per heavy atom. The van der Waals surface area contributed by atoms with Gasteiger partial charge < -0.3 is 11.1 Å². The minimum atomic E-state index is -0.149. The molecule has 1 unspecified atom stereocenters. The lowest BCUT2D eigenvalue weighted by Gasteiger charge is -2.32. The van der Waals surface area contributed by atoms with Gasteiger partial charge in [0.2, 0.25) is 5.91 Å². The number of rotatable bonds is 3. The monoisotopic (exact) mass is 326 g/mol. The Morgan fingerprint density at radius 2 is 2.05 bits per heavy atom. The van der Waals surface area contributed by atoms with E-state index in [4.69, 9.17) is 5.73 Å². The zero-order valence-electron chi connectivity index (χ0n) is 12.1. The van der Waals surface area contributed by atoms with Crippen LogP contribution in [0.15, 0.2) is 24.3 Å². The van der Waals surface area contributed by atoms with E-state index in [0.717, 1.165) is 25.0 Å². The molecule has 0 saturated heterocycles. The fraction of sp³-hybridized carbons (Fsp3) is 0.562. The Balaban J connectivity index is 0.00000161. The van der Waals surface area contributed by atoms with Gasteiger partial charge in [0.15, 0.2) is 0 Å². The molecule has 116 valence electrons. The second-order valence-corrected chi connectivity index (χ2v) is 7.09. The maximum atomic E-state index is 12.7. The first-order chi connectivity index (χ1) is 9.74. The smallest absolute Gasteiger partial charge is 0.238 e. The molecule has 21 heavy (non-hydrogen) atoms. The van der Waals surface area contributed by atoms with Crippen molar-refractivity contribution in [1.29, 1.82) is 0 Å². The van der Waals surface area contributed by atoms with Crippen molar-refractivity contribution in [1.82, 2.24) is 5.32 Å². The summed E-state index contributed by atoms with van der Waals surface area (Å²) in [7, 11) is 0. The van der Waals surface area contributed by atoms with Crippen molar-refractivity contribution in [3.63, 3.8) is 0 Å². The number of carbonyl (C=O) groups is 1. The summed E-state index contributed by atoms with van der Waals surface area (Å²) in [5.41, 5.74) is 8.28. The molecule has 3 nitrogen and oxygen atoms in total. The van der Waals surface area contributed by atoms with Gasteiger partial charge in [0, 0.05) is 6.54 Å². The predicted octanol–water partition coefficient (Wildman–Crippen LogP) is 2.83.